The number of hydrogen-bond donors (Lipinski definition) is 0. The summed E-state index contributed by atoms with van der Waals surface area (Å²) in [6, 6.07) is 0. The van der Waals surface area contributed by atoms with E-state index in [9.17, 15) is 4.79 Å². The number of carbonyl (C=O) groups excluding carboxylic acids is 1. The zero-order chi connectivity index (χ0) is 5.15. The SMILES string of the molecule is [CH2]N(Cl)C(C)=O. The van der Waals surface area contributed by atoms with Crippen molar-refractivity contribution < 1.29 is 4.79 Å². The summed E-state index contributed by atoms with van der Waals surface area (Å²) >= 11 is 4.99. The van der Waals surface area contributed by atoms with E-state index in [0.29, 0.717) is 0 Å². The standard InChI is InChI=1S/C3H5ClNO/c1-3(6)5(2)4/h2H2,1H3. The van der Waals surface area contributed by atoms with Crippen molar-refractivity contribution in [2.24, 2.45) is 0 Å². The fraction of sp³-hybridized carbons (Fsp3) is 0.333. The predicted octanol–water partition coefficient (Wildman–Crippen LogP) is 0.780. The zero-order valence-corrected chi connectivity index (χ0v) is 4.20. The molecule has 0 heterocycles. The van der Waals surface area contributed by atoms with E-state index in [4.69, 9.17) is 11.8 Å². The number of rotatable bonds is 0. The Balaban J connectivity index is 3.26. The van der Waals surface area contributed by atoms with Gasteiger partial charge in [-0.2, -0.15) is 0 Å². The van der Waals surface area contributed by atoms with E-state index in [1.165, 1.54) is 6.92 Å². The van der Waals surface area contributed by atoms with Gasteiger partial charge < -0.3 is 0 Å². The Morgan fingerprint density at radius 1 is 2.00 bits per heavy atom. The highest BCUT2D eigenvalue weighted by Crippen LogP contribution is 1.86. The van der Waals surface area contributed by atoms with Crippen LogP contribution in [0.4, 0.5) is 0 Å². The highest BCUT2D eigenvalue weighted by Gasteiger charge is 1.91. The third-order valence-corrected chi connectivity index (χ3v) is 0.580. The molecule has 3 heteroatoms. The summed E-state index contributed by atoms with van der Waals surface area (Å²) in [4.78, 5) is 9.88. The lowest BCUT2D eigenvalue weighted by atomic mass is 10.7. The number of amides is 1. The van der Waals surface area contributed by atoms with Crippen LogP contribution in [0.15, 0.2) is 0 Å². The van der Waals surface area contributed by atoms with E-state index in [1.807, 2.05) is 0 Å². The van der Waals surface area contributed by atoms with Gasteiger partial charge in [0.05, 0.1) is 7.05 Å². The van der Waals surface area contributed by atoms with Gasteiger partial charge >= 0.3 is 0 Å². The molecule has 6 heavy (non-hydrogen) atoms. The molecule has 0 unspecified atom stereocenters. The fourth-order valence-electron chi connectivity index (χ4n) is 0. The Morgan fingerprint density at radius 3 is 2.17 bits per heavy atom. The molecule has 0 aliphatic heterocycles. The summed E-state index contributed by atoms with van der Waals surface area (Å²) in [5.74, 6) is -0.253. The number of hydrogen-bond acceptors (Lipinski definition) is 1. The van der Waals surface area contributed by atoms with Gasteiger partial charge in [0.1, 0.15) is 0 Å². The van der Waals surface area contributed by atoms with E-state index < -0.39 is 0 Å². The average Bonchev–Trinajstić information content (AvgIpc) is 1.36. The molecule has 0 N–H and O–H groups in total. The van der Waals surface area contributed by atoms with Crippen molar-refractivity contribution >= 4 is 17.7 Å². The molecule has 0 aliphatic carbocycles. The lowest BCUT2D eigenvalue weighted by molar-refractivity contribution is -0.122. The molecule has 0 bridgehead atoms. The van der Waals surface area contributed by atoms with Crippen LogP contribution in [0.5, 0.6) is 0 Å². The van der Waals surface area contributed by atoms with Crippen molar-refractivity contribution in [2.75, 3.05) is 0 Å². The lowest BCUT2D eigenvalue weighted by Gasteiger charge is -1.97. The van der Waals surface area contributed by atoms with Gasteiger partial charge in [-0.05, 0) is 0 Å². The van der Waals surface area contributed by atoms with E-state index in [2.05, 4.69) is 7.05 Å². The molecular formula is C3H5ClNO. The second-order valence-electron chi connectivity index (χ2n) is 0.881. The Hall–Kier alpha value is -0.240. The van der Waals surface area contributed by atoms with Gasteiger partial charge in [-0.3, -0.25) is 9.21 Å². The van der Waals surface area contributed by atoms with Gasteiger partial charge in [-0.1, -0.05) is 0 Å². The maximum atomic E-state index is 9.88. The molecule has 0 saturated carbocycles. The Kier molecular flexibility index (Phi) is 1.95. The molecule has 0 rings (SSSR count). The van der Waals surface area contributed by atoms with Crippen LogP contribution in [0.25, 0.3) is 0 Å². The number of halogens is 1. The molecule has 35 valence electrons. The first-order valence-electron chi connectivity index (χ1n) is 1.41. The van der Waals surface area contributed by atoms with Gasteiger partial charge in [-0.25, -0.2) is 0 Å². The van der Waals surface area contributed by atoms with Gasteiger partial charge in [0.2, 0.25) is 5.91 Å². The molecule has 0 aliphatic rings. The monoisotopic (exact) mass is 106 g/mol. The van der Waals surface area contributed by atoms with Crippen LogP contribution < -0.4 is 0 Å². The summed E-state index contributed by atoms with van der Waals surface area (Å²) in [7, 11) is 3.09. The van der Waals surface area contributed by atoms with E-state index in [0.717, 1.165) is 4.42 Å². The molecular weight excluding hydrogens is 101 g/mol. The zero-order valence-electron chi connectivity index (χ0n) is 3.44. The van der Waals surface area contributed by atoms with Crippen molar-refractivity contribution in [1.82, 2.24) is 4.42 Å². The molecule has 1 radical (unpaired) electrons. The van der Waals surface area contributed by atoms with Gasteiger partial charge in [0.25, 0.3) is 0 Å². The van der Waals surface area contributed by atoms with Crippen molar-refractivity contribution in [1.29, 1.82) is 0 Å². The molecule has 0 saturated heterocycles. The lowest BCUT2D eigenvalue weighted by Crippen LogP contribution is -2.07. The third-order valence-electron chi connectivity index (χ3n) is 0.342. The van der Waals surface area contributed by atoms with Crippen LogP contribution in [0.1, 0.15) is 6.92 Å². The van der Waals surface area contributed by atoms with E-state index >= 15 is 0 Å². The minimum absolute atomic E-state index is 0.253. The van der Waals surface area contributed by atoms with Crippen LogP contribution in [0.2, 0.25) is 0 Å². The normalized spacial score (nSPS) is 7.83. The second kappa shape index (κ2) is 2.03. The molecule has 0 fully saturated rings. The van der Waals surface area contributed by atoms with Crippen LogP contribution in [0.3, 0.4) is 0 Å². The Bertz CT molecular complexity index is 61.8. The first-order chi connectivity index (χ1) is 2.64. The molecule has 1 amide bonds. The van der Waals surface area contributed by atoms with Crippen LogP contribution >= 0.6 is 11.8 Å². The third kappa shape index (κ3) is 2.03. The summed E-state index contributed by atoms with van der Waals surface area (Å²) in [6.45, 7) is 1.33. The summed E-state index contributed by atoms with van der Waals surface area (Å²) < 4.78 is 0.750. The summed E-state index contributed by atoms with van der Waals surface area (Å²) in [6.07, 6.45) is 0. The smallest absolute Gasteiger partial charge is 0.233 e. The predicted molar refractivity (Wildman–Crippen MR) is 23.7 cm³/mol. The van der Waals surface area contributed by atoms with Gasteiger partial charge in [0.15, 0.2) is 0 Å². The highest BCUT2D eigenvalue weighted by atomic mass is 35.5. The number of nitrogens with zero attached hydrogens (tertiary/aromatic N) is 1. The topological polar surface area (TPSA) is 20.3 Å². The molecule has 0 aromatic heterocycles. The first kappa shape index (κ1) is 5.76. The van der Waals surface area contributed by atoms with Crippen LogP contribution in [-0.2, 0) is 4.79 Å². The Labute approximate surface area is 41.8 Å². The van der Waals surface area contributed by atoms with Crippen molar-refractivity contribution in [3.05, 3.63) is 7.05 Å². The molecule has 0 atom stereocenters. The minimum Gasteiger partial charge on any atom is -0.274 e. The highest BCUT2D eigenvalue weighted by molar-refractivity contribution is 6.21. The van der Waals surface area contributed by atoms with Crippen molar-refractivity contribution in [3.63, 3.8) is 0 Å². The molecule has 0 aromatic carbocycles. The van der Waals surface area contributed by atoms with Crippen LogP contribution in [-0.4, -0.2) is 10.3 Å². The summed E-state index contributed by atoms with van der Waals surface area (Å²) in [5, 5.41) is 0. The van der Waals surface area contributed by atoms with Gasteiger partial charge in [-0.15, -0.1) is 0 Å². The maximum absolute atomic E-state index is 9.88. The fourth-order valence-corrected chi connectivity index (χ4v) is 0. The average molecular weight is 107 g/mol. The molecule has 2 nitrogen and oxygen atoms in total. The van der Waals surface area contributed by atoms with E-state index in [1.54, 1.807) is 0 Å². The minimum atomic E-state index is -0.253. The maximum Gasteiger partial charge on any atom is 0.233 e. The van der Waals surface area contributed by atoms with Crippen molar-refractivity contribution in [2.45, 2.75) is 6.92 Å². The largest absolute Gasteiger partial charge is 0.274 e. The van der Waals surface area contributed by atoms with E-state index in [-0.39, 0.29) is 5.91 Å². The Morgan fingerprint density at radius 2 is 2.17 bits per heavy atom. The van der Waals surface area contributed by atoms with Crippen LogP contribution in [0, 0.1) is 7.05 Å². The van der Waals surface area contributed by atoms with Crippen molar-refractivity contribution in [3.8, 4) is 0 Å². The first-order valence-corrected chi connectivity index (χ1v) is 1.75. The molecule has 0 aromatic rings. The van der Waals surface area contributed by atoms with Gasteiger partial charge in [0, 0.05) is 18.7 Å². The molecule has 0 spiro atoms. The second-order valence-corrected chi connectivity index (χ2v) is 1.29. The quantitative estimate of drug-likeness (QED) is 0.418. The number of carbonyl (C=O) groups is 1. The summed E-state index contributed by atoms with van der Waals surface area (Å²) in [5.41, 5.74) is 0.